The van der Waals surface area contributed by atoms with Crippen LogP contribution in [0.2, 0.25) is 0 Å². The summed E-state index contributed by atoms with van der Waals surface area (Å²) < 4.78 is 5.68. The molecule has 134 valence electrons. The average molecular weight is 333 g/mol. The Morgan fingerprint density at radius 1 is 1.38 bits per heavy atom. The van der Waals surface area contributed by atoms with Crippen molar-refractivity contribution in [2.45, 2.75) is 45.4 Å². The van der Waals surface area contributed by atoms with Crippen molar-refractivity contribution >= 4 is 5.91 Å². The number of nitrogens with two attached hydrogens (primary N) is 1. The van der Waals surface area contributed by atoms with Crippen LogP contribution in [-0.4, -0.2) is 49.2 Å². The monoisotopic (exact) mass is 333 g/mol. The fourth-order valence-corrected chi connectivity index (χ4v) is 3.31. The molecule has 0 bridgehead atoms. The van der Waals surface area contributed by atoms with Gasteiger partial charge in [0.1, 0.15) is 5.54 Å². The van der Waals surface area contributed by atoms with E-state index in [-0.39, 0.29) is 17.4 Å². The maximum atomic E-state index is 12.5. The lowest BCUT2D eigenvalue weighted by atomic mass is 9.54. The lowest BCUT2D eigenvalue weighted by Gasteiger charge is -2.57. The second-order valence-electron chi connectivity index (χ2n) is 7.32. The summed E-state index contributed by atoms with van der Waals surface area (Å²) in [5.74, 6) is -0.0726. The van der Waals surface area contributed by atoms with Crippen molar-refractivity contribution in [1.29, 1.82) is 0 Å². The van der Waals surface area contributed by atoms with Crippen LogP contribution < -0.4 is 11.1 Å². The highest BCUT2D eigenvalue weighted by molar-refractivity contribution is 5.88. The molecule has 1 amide bonds. The van der Waals surface area contributed by atoms with E-state index in [0.29, 0.717) is 19.6 Å². The predicted octanol–water partition coefficient (Wildman–Crippen LogP) is 1.77. The number of likely N-dealkylation sites (N-methyl/N-ethyl adjacent to an activating group) is 1. The lowest BCUT2D eigenvalue weighted by molar-refractivity contribution is -0.170. The van der Waals surface area contributed by atoms with Crippen LogP contribution in [-0.2, 0) is 16.1 Å². The first-order valence-electron chi connectivity index (χ1n) is 8.72. The van der Waals surface area contributed by atoms with Gasteiger partial charge in [0.25, 0.3) is 0 Å². The number of benzene rings is 1. The molecule has 1 saturated carbocycles. The van der Waals surface area contributed by atoms with Crippen molar-refractivity contribution in [2.24, 2.45) is 11.1 Å². The molecule has 3 N–H and O–H groups in total. The second kappa shape index (κ2) is 7.64. The summed E-state index contributed by atoms with van der Waals surface area (Å²) in [4.78, 5) is 14.7. The molecular weight excluding hydrogens is 302 g/mol. The normalized spacial score (nSPS) is 25.3. The first-order chi connectivity index (χ1) is 11.3. The van der Waals surface area contributed by atoms with Gasteiger partial charge in [0.05, 0.1) is 6.10 Å². The molecule has 1 fully saturated rings. The van der Waals surface area contributed by atoms with Gasteiger partial charge in [-0.1, -0.05) is 44.2 Å². The van der Waals surface area contributed by atoms with E-state index in [1.54, 1.807) is 0 Å². The van der Waals surface area contributed by atoms with Gasteiger partial charge in [-0.25, -0.2) is 0 Å². The third-order valence-corrected chi connectivity index (χ3v) is 5.31. The number of rotatable bonds is 8. The van der Waals surface area contributed by atoms with Gasteiger partial charge in [-0.05, 0) is 19.5 Å². The maximum absolute atomic E-state index is 12.5. The molecule has 0 aliphatic heterocycles. The van der Waals surface area contributed by atoms with Gasteiger partial charge in [0.2, 0.25) is 5.91 Å². The van der Waals surface area contributed by atoms with Crippen molar-refractivity contribution in [3.63, 3.8) is 0 Å². The van der Waals surface area contributed by atoms with E-state index in [1.165, 1.54) is 5.56 Å². The number of ether oxygens (including phenoxy) is 1. The van der Waals surface area contributed by atoms with Crippen LogP contribution in [0.1, 0.15) is 32.8 Å². The van der Waals surface area contributed by atoms with Crippen molar-refractivity contribution in [3.8, 4) is 0 Å². The van der Waals surface area contributed by atoms with Crippen LogP contribution in [0, 0.1) is 5.41 Å². The molecule has 5 nitrogen and oxygen atoms in total. The van der Waals surface area contributed by atoms with Gasteiger partial charge in [0.15, 0.2) is 0 Å². The summed E-state index contributed by atoms with van der Waals surface area (Å²) in [6.45, 7) is 8.88. The Hall–Kier alpha value is -1.43. The molecule has 0 saturated heterocycles. The molecule has 0 heterocycles. The number of carbonyl (C=O) groups excluding carboxylic acids is 1. The van der Waals surface area contributed by atoms with Gasteiger partial charge in [0, 0.05) is 38.1 Å². The smallest absolute Gasteiger partial charge is 0.240 e. The first kappa shape index (κ1) is 18.9. The van der Waals surface area contributed by atoms with Crippen molar-refractivity contribution in [3.05, 3.63) is 35.9 Å². The minimum Gasteiger partial charge on any atom is -0.378 e. The fourth-order valence-electron chi connectivity index (χ4n) is 3.31. The first-order valence-corrected chi connectivity index (χ1v) is 8.72. The van der Waals surface area contributed by atoms with E-state index in [9.17, 15) is 4.79 Å². The Labute approximate surface area is 145 Å². The quantitative estimate of drug-likeness (QED) is 0.761. The highest BCUT2D eigenvalue weighted by Crippen LogP contribution is 2.49. The van der Waals surface area contributed by atoms with E-state index >= 15 is 0 Å². The molecule has 5 heteroatoms. The lowest BCUT2D eigenvalue weighted by Crippen LogP contribution is -2.75. The largest absolute Gasteiger partial charge is 0.378 e. The zero-order valence-corrected chi connectivity index (χ0v) is 15.3. The molecule has 1 aromatic carbocycles. The Balaban J connectivity index is 1.77. The Morgan fingerprint density at radius 3 is 2.62 bits per heavy atom. The van der Waals surface area contributed by atoms with Crippen molar-refractivity contribution < 1.29 is 9.53 Å². The van der Waals surface area contributed by atoms with Crippen LogP contribution in [0.3, 0.4) is 0 Å². The molecule has 1 aromatic rings. The molecule has 0 aromatic heterocycles. The average Bonchev–Trinajstić information content (AvgIpc) is 2.55. The molecule has 2 unspecified atom stereocenters. The molecule has 24 heavy (non-hydrogen) atoms. The molecule has 0 spiro atoms. The van der Waals surface area contributed by atoms with E-state index in [1.807, 2.05) is 39.0 Å². The Morgan fingerprint density at radius 2 is 2.04 bits per heavy atom. The summed E-state index contributed by atoms with van der Waals surface area (Å²) in [6, 6.07) is 10.3. The number of carbonyl (C=O) groups is 1. The molecule has 2 atom stereocenters. The summed E-state index contributed by atoms with van der Waals surface area (Å²) in [7, 11) is 2.05. The van der Waals surface area contributed by atoms with Gasteiger partial charge in [-0.2, -0.15) is 0 Å². The maximum Gasteiger partial charge on any atom is 0.240 e. The van der Waals surface area contributed by atoms with Crippen LogP contribution >= 0.6 is 0 Å². The highest BCUT2D eigenvalue weighted by atomic mass is 16.5. The number of hydrogen-bond acceptors (Lipinski definition) is 4. The molecule has 2 rings (SSSR count). The fraction of sp³-hybridized carbons (Fsp3) is 0.632. The van der Waals surface area contributed by atoms with Gasteiger partial charge < -0.3 is 20.7 Å². The Kier molecular flexibility index (Phi) is 6.01. The number of hydrogen-bond donors (Lipinski definition) is 2. The number of nitrogens with zero attached hydrogens (tertiary/aromatic N) is 1. The zero-order valence-electron chi connectivity index (χ0n) is 15.3. The standard InChI is InChI=1S/C19H31N3O2/c1-5-24-16-13-19(20,18(16,2)3)17(23)21-11-12-22(4)14-15-9-7-6-8-10-15/h6-10,16H,5,11-14,20H2,1-4H3,(H,21,23). The Bertz CT molecular complexity index is 547. The predicted molar refractivity (Wildman–Crippen MR) is 96.5 cm³/mol. The van der Waals surface area contributed by atoms with E-state index < -0.39 is 5.54 Å². The van der Waals surface area contributed by atoms with Crippen LogP contribution in [0.25, 0.3) is 0 Å². The minimum absolute atomic E-state index is 0.0546. The zero-order chi connectivity index (χ0) is 17.8. The minimum atomic E-state index is -0.842. The van der Waals surface area contributed by atoms with Crippen LogP contribution in [0.15, 0.2) is 30.3 Å². The van der Waals surface area contributed by atoms with Gasteiger partial charge in [-0.15, -0.1) is 0 Å². The summed E-state index contributed by atoms with van der Waals surface area (Å²) >= 11 is 0. The number of amides is 1. The van der Waals surface area contributed by atoms with Crippen molar-refractivity contribution in [1.82, 2.24) is 10.2 Å². The summed E-state index contributed by atoms with van der Waals surface area (Å²) in [5.41, 5.74) is 6.46. The van der Waals surface area contributed by atoms with Gasteiger partial charge in [-0.3, -0.25) is 4.79 Å². The van der Waals surface area contributed by atoms with E-state index in [2.05, 4.69) is 29.4 Å². The third kappa shape index (κ3) is 3.79. The molecule has 0 radical (unpaired) electrons. The van der Waals surface area contributed by atoms with Gasteiger partial charge >= 0.3 is 0 Å². The van der Waals surface area contributed by atoms with Crippen LogP contribution in [0.5, 0.6) is 0 Å². The van der Waals surface area contributed by atoms with Crippen LogP contribution in [0.4, 0.5) is 0 Å². The second-order valence-corrected chi connectivity index (χ2v) is 7.32. The SMILES string of the molecule is CCOC1CC(N)(C(=O)NCCN(C)Cc2ccccc2)C1(C)C. The highest BCUT2D eigenvalue weighted by Gasteiger charge is 2.62. The molecular formula is C19H31N3O2. The molecule has 1 aliphatic carbocycles. The summed E-state index contributed by atoms with van der Waals surface area (Å²) in [6.07, 6.45) is 0.637. The number of nitrogens with one attached hydrogen (secondary N) is 1. The van der Waals surface area contributed by atoms with E-state index in [0.717, 1.165) is 13.1 Å². The van der Waals surface area contributed by atoms with E-state index in [4.69, 9.17) is 10.5 Å². The topological polar surface area (TPSA) is 67.6 Å². The molecule has 1 aliphatic rings. The third-order valence-electron chi connectivity index (χ3n) is 5.31. The summed E-state index contributed by atoms with van der Waals surface area (Å²) in [5, 5.41) is 3.00. The van der Waals surface area contributed by atoms with Crippen molar-refractivity contribution in [2.75, 3.05) is 26.7 Å².